The molecule has 0 aliphatic rings. The number of nitriles is 1. The summed E-state index contributed by atoms with van der Waals surface area (Å²) in [4.78, 5) is 21.1. The lowest BCUT2D eigenvalue weighted by molar-refractivity contribution is -0.314. The molecule has 1 N–H and O–H groups in total. The predicted molar refractivity (Wildman–Crippen MR) is 103 cm³/mol. The van der Waals surface area contributed by atoms with Crippen LogP contribution < -0.4 is 10.5 Å². The average Bonchev–Trinajstić information content (AvgIpc) is 2.66. The second-order valence-electron chi connectivity index (χ2n) is 6.07. The van der Waals surface area contributed by atoms with Crippen molar-refractivity contribution in [3.63, 3.8) is 0 Å². The average molecular weight is 402 g/mol. The molecule has 3 heterocycles. The van der Waals surface area contributed by atoms with E-state index < -0.39 is 0 Å². The van der Waals surface area contributed by atoms with Gasteiger partial charge >= 0.3 is 5.56 Å². The minimum atomic E-state index is -0.208. The van der Waals surface area contributed by atoms with Crippen LogP contribution in [-0.2, 0) is 0 Å². The van der Waals surface area contributed by atoms with Crippen LogP contribution in [0, 0.1) is 11.3 Å². The van der Waals surface area contributed by atoms with Crippen molar-refractivity contribution in [1.29, 1.82) is 5.26 Å². The first-order valence-corrected chi connectivity index (χ1v) is 8.75. The fraction of sp³-hybridized carbons (Fsp3) is 0. The minimum Gasteiger partial charge on any atom is -0.240 e. The molecule has 5 aromatic rings. The lowest BCUT2D eigenvalue weighted by Crippen LogP contribution is -2.22. The van der Waals surface area contributed by atoms with Gasteiger partial charge in [0.1, 0.15) is 17.1 Å². The van der Waals surface area contributed by atoms with E-state index in [1.165, 1.54) is 4.40 Å². The van der Waals surface area contributed by atoms with E-state index in [0.717, 1.165) is 20.8 Å². The number of hydrogen-bond donors (Lipinski definition) is 0. The zero-order chi connectivity index (χ0) is 17.8. The molecule has 0 radical (unpaired) electrons. The maximum atomic E-state index is 13.2. The van der Waals surface area contributed by atoms with Crippen LogP contribution in [0.5, 0.6) is 0 Å². The molecule has 26 heavy (non-hydrogen) atoms. The van der Waals surface area contributed by atoms with Gasteiger partial charge in [0.2, 0.25) is 5.65 Å². The summed E-state index contributed by atoms with van der Waals surface area (Å²) >= 11 is 3.40. The summed E-state index contributed by atoms with van der Waals surface area (Å²) in [5, 5.41) is 11.9. The molecule has 0 saturated heterocycles. The Morgan fingerprint density at radius 1 is 1.08 bits per heavy atom. The third-order valence-corrected chi connectivity index (χ3v) is 5.01. The maximum absolute atomic E-state index is 13.2. The molecule has 5 rings (SSSR count). The van der Waals surface area contributed by atoms with Crippen LogP contribution in [0.1, 0.15) is 5.56 Å². The van der Waals surface area contributed by atoms with E-state index in [1.807, 2.05) is 36.4 Å². The van der Waals surface area contributed by atoms with Crippen LogP contribution in [0.25, 0.3) is 38.5 Å². The molecular formula is C20H10BrN4O+. The molecule has 0 spiro atoms. The fourth-order valence-corrected chi connectivity index (χ4v) is 3.68. The molecule has 3 aromatic heterocycles. The summed E-state index contributed by atoms with van der Waals surface area (Å²) < 4.78 is 2.30. The van der Waals surface area contributed by atoms with Crippen molar-refractivity contribution in [2.24, 2.45) is 0 Å². The Balaban J connectivity index is 2.11. The molecule has 0 amide bonds. The van der Waals surface area contributed by atoms with E-state index in [-0.39, 0.29) is 5.56 Å². The fourth-order valence-electron chi connectivity index (χ4n) is 3.32. The SMILES string of the molecule is N#Cc1cc2cc3ccccc3[nH+]c2n2c(=O)c3cc(Br)ccc3nc12. The number of hydrogen-bond acceptors (Lipinski definition) is 3. The monoisotopic (exact) mass is 401 g/mol. The number of fused-ring (bicyclic) bond motifs is 5. The topological polar surface area (TPSA) is 72.3 Å². The quantitative estimate of drug-likeness (QED) is 0.294. The number of halogens is 1. The highest BCUT2D eigenvalue weighted by Gasteiger charge is 2.20. The molecule has 0 fully saturated rings. The first kappa shape index (κ1) is 15.0. The third-order valence-electron chi connectivity index (χ3n) is 4.51. The summed E-state index contributed by atoms with van der Waals surface area (Å²) in [6, 6.07) is 19.1. The van der Waals surface area contributed by atoms with Crippen LogP contribution in [0.2, 0.25) is 0 Å². The Morgan fingerprint density at radius 3 is 2.77 bits per heavy atom. The van der Waals surface area contributed by atoms with Crippen LogP contribution in [0.3, 0.4) is 0 Å². The molecule has 2 aromatic carbocycles. The largest absolute Gasteiger partial charge is 0.349 e. The van der Waals surface area contributed by atoms with Gasteiger partial charge in [0.15, 0.2) is 0 Å². The smallest absolute Gasteiger partial charge is 0.240 e. The van der Waals surface area contributed by atoms with Crippen LogP contribution in [0.15, 0.2) is 63.9 Å². The number of aromatic amines is 1. The molecule has 122 valence electrons. The number of H-pyrrole nitrogens is 1. The van der Waals surface area contributed by atoms with Gasteiger partial charge < -0.3 is 0 Å². The zero-order valence-electron chi connectivity index (χ0n) is 13.3. The van der Waals surface area contributed by atoms with Crippen molar-refractivity contribution in [2.75, 3.05) is 0 Å². The number of nitrogens with zero attached hydrogens (tertiary/aromatic N) is 3. The highest BCUT2D eigenvalue weighted by molar-refractivity contribution is 9.10. The van der Waals surface area contributed by atoms with Crippen LogP contribution in [-0.4, -0.2) is 9.38 Å². The summed E-state index contributed by atoms with van der Waals surface area (Å²) in [6.07, 6.45) is 0. The molecule has 5 nitrogen and oxygen atoms in total. The van der Waals surface area contributed by atoms with Crippen molar-refractivity contribution in [1.82, 2.24) is 9.38 Å². The summed E-state index contributed by atoms with van der Waals surface area (Å²) in [5.41, 5.74) is 2.61. The maximum Gasteiger partial charge on any atom is 0.349 e. The molecule has 0 atom stereocenters. The Bertz CT molecular complexity index is 1480. The van der Waals surface area contributed by atoms with Gasteiger partial charge in [-0.25, -0.2) is 14.8 Å². The van der Waals surface area contributed by atoms with E-state index in [0.29, 0.717) is 27.8 Å². The highest BCUT2D eigenvalue weighted by Crippen LogP contribution is 2.22. The van der Waals surface area contributed by atoms with E-state index in [2.05, 4.69) is 32.0 Å². The summed E-state index contributed by atoms with van der Waals surface area (Å²) in [7, 11) is 0. The molecule has 0 bridgehead atoms. The van der Waals surface area contributed by atoms with E-state index in [1.54, 1.807) is 18.2 Å². The molecular weight excluding hydrogens is 392 g/mol. The highest BCUT2D eigenvalue weighted by atomic mass is 79.9. The Labute approximate surface area is 155 Å². The molecule has 6 heteroatoms. The van der Waals surface area contributed by atoms with Crippen molar-refractivity contribution < 1.29 is 4.98 Å². The van der Waals surface area contributed by atoms with Gasteiger partial charge in [-0.05, 0) is 36.4 Å². The standard InChI is InChI=1S/C20H9BrN4O/c21-14-5-6-17-15(9-14)20(26)25-18-12(8-13(10-22)19(25)24-17)7-11-3-1-2-4-16(11)23-18/h1-9H/p+1. The predicted octanol–water partition coefficient (Wildman–Crippen LogP) is 3.60. The lowest BCUT2D eigenvalue weighted by Gasteiger charge is -2.04. The van der Waals surface area contributed by atoms with E-state index in [4.69, 9.17) is 0 Å². The van der Waals surface area contributed by atoms with Crippen molar-refractivity contribution in [3.05, 3.63) is 75.0 Å². The van der Waals surface area contributed by atoms with Crippen molar-refractivity contribution >= 4 is 54.4 Å². The van der Waals surface area contributed by atoms with Crippen molar-refractivity contribution in [2.45, 2.75) is 0 Å². The number of aromatic nitrogens is 3. The molecule has 0 aliphatic heterocycles. The van der Waals surface area contributed by atoms with Gasteiger partial charge in [0.05, 0.1) is 16.3 Å². The second kappa shape index (κ2) is 5.35. The van der Waals surface area contributed by atoms with Gasteiger partial charge in [-0.15, -0.1) is 4.40 Å². The molecule has 0 aliphatic carbocycles. The lowest BCUT2D eigenvalue weighted by atomic mass is 10.1. The summed E-state index contributed by atoms with van der Waals surface area (Å²) in [6.45, 7) is 0. The first-order valence-electron chi connectivity index (χ1n) is 7.95. The van der Waals surface area contributed by atoms with Crippen LogP contribution >= 0.6 is 15.9 Å². The third kappa shape index (κ3) is 2.04. The van der Waals surface area contributed by atoms with Crippen molar-refractivity contribution in [3.8, 4) is 6.07 Å². The van der Waals surface area contributed by atoms with Gasteiger partial charge in [0.25, 0.3) is 5.65 Å². The number of nitrogens with one attached hydrogen (secondary N) is 1. The van der Waals surface area contributed by atoms with E-state index in [9.17, 15) is 10.1 Å². The van der Waals surface area contributed by atoms with Gasteiger partial charge in [0, 0.05) is 9.86 Å². The Hall–Kier alpha value is -3.30. The normalized spacial score (nSPS) is 11.4. The molecule has 0 saturated carbocycles. The van der Waals surface area contributed by atoms with Crippen LogP contribution in [0.4, 0.5) is 0 Å². The molecule has 0 unspecified atom stereocenters. The first-order chi connectivity index (χ1) is 12.7. The van der Waals surface area contributed by atoms with Gasteiger partial charge in [-0.1, -0.05) is 34.1 Å². The van der Waals surface area contributed by atoms with E-state index >= 15 is 0 Å². The number of para-hydroxylation sites is 1. The Kier molecular flexibility index (Phi) is 3.08. The van der Waals surface area contributed by atoms with Gasteiger partial charge in [-0.3, -0.25) is 0 Å². The number of pyridine rings is 2. The van der Waals surface area contributed by atoms with Gasteiger partial charge in [-0.2, -0.15) is 5.26 Å². The summed E-state index contributed by atoms with van der Waals surface area (Å²) in [5.74, 6) is 0. The minimum absolute atomic E-state index is 0.208. The zero-order valence-corrected chi connectivity index (χ0v) is 14.9. The second-order valence-corrected chi connectivity index (χ2v) is 6.98. The number of benzene rings is 2. The Morgan fingerprint density at radius 2 is 1.92 bits per heavy atom. The number of rotatable bonds is 0.